The second kappa shape index (κ2) is 5.25. The SMILES string of the molecule is C/C=C\C(=C/N)c1cccc(CN)c1. The zero-order valence-electron chi connectivity index (χ0n) is 8.40. The van der Waals surface area contributed by atoms with Crippen LogP contribution in [-0.4, -0.2) is 0 Å². The molecule has 0 aliphatic heterocycles. The van der Waals surface area contributed by atoms with Crippen molar-refractivity contribution in [2.45, 2.75) is 13.5 Å². The molecule has 0 amide bonds. The molecular formula is C12H16N2. The van der Waals surface area contributed by atoms with Crippen LogP contribution in [0.15, 0.2) is 42.6 Å². The molecule has 0 unspecified atom stereocenters. The van der Waals surface area contributed by atoms with Gasteiger partial charge in [0.15, 0.2) is 0 Å². The molecule has 0 atom stereocenters. The second-order valence-corrected chi connectivity index (χ2v) is 3.03. The van der Waals surface area contributed by atoms with E-state index in [1.807, 2.05) is 37.3 Å². The van der Waals surface area contributed by atoms with E-state index >= 15 is 0 Å². The summed E-state index contributed by atoms with van der Waals surface area (Å²) in [5.41, 5.74) is 14.3. The van der Waals surface area contributed by atoms with Crippen molar-refractivity contribution >= 4 is 5.57 Å². The van der Waals surface area contributed by atoms with Gasteiger partial charge in [0.05, 0.1) is 0 Å². The first-order chi connectivity index (χ1) is 6.81. The number of hydrogen-bond donors (Lipinski definition) is 2. The lowest BCUT2D eigenvalue weighted by Gasteiger charge is -2.03. The molecule has 2 nitrogen and oxygen atoms in total. The lowest BCUT2D eigenvalue weighted by molar-refractivity contribution is 1.07. The zero-order chi connectivity index (χ0) is 10.4. The average molecular weight is 188 g/mol. The number of benzene rings is 1. The molecule has 0 aromatic heterocycles. The molecule has 1 aromatic rings. The smallest absolute Gasteiger partial charge is 0.0178 e. The van der Waals surface area contributed by atoms with E-state index < -0.39 is 0 Å². The van der Waals surface area contributed by atoms with Crippen LogP contribution in [0.5, 0.6) is 0 Å². The van der Waals surface area contributed by atoms with Gasteiger partial charge in [-0.2, -0.15) is 0 Å². The standard InChI is InChI=1S/C12H16N2/c1-2-4-12(9-14)11-6-3-5-10(7-11)8-13/h2-7,9H,8,13-14H2,1H3/b4-2-,12-9+. The highest BCUT2D eigenvalue weighted by Gasteiger charge is 1.97. The fourth-order valence-electron chi connectivity index (χ4n) is 1.31. The summed E-state index contributed by atoms with van der Waals surface area (Å²) in [5, 5.41) is 0. The van der Waals surface area contributed by atoms with Crippen LogP contribution in [0.4, 0.5) is 0 Å². The van der Waals surface area contributed by atoms with E-state index in [9.17, 15) is 0 Å². The van der Waals surface area contributed by atoms with E-state index in [0.717, 1.165) is 16.7 Å². The van der Waals surface area contributed by atoms with Crippen molar-refractivity contribution in [2.24, 2.45) is 11.5 Å². The molecule has 1 rings (SSSR count). The van der Waals surface area contributed by atoms with Crippen LogP contribution in [0.3, 0.4) is 0 Å². The van der Waals surface area contributed by atoms with E-state index in [2.05, 4.69) is 6.07 Å². The number of nitrogens with two attached hydrogens (primary N) is 2. The largest absolute Gasteiger partial charge is 0.404 e. The van der Waals surface area contributed by atoms with E-state index in [-0.39, 0.29) is 0 Å². The molecular weight excluding hydrogens is 172 g/mol. The highest BCUT2D eigenvalue weighted by atomic mass is 14.5. The van der Waals surface area contributed by atoms with Gasteiger partial charge in [-0.25, -0.2) is 0 Å². The van der Waals surface area contributed by atoms with Crippen LogP contribution in [0.2, 0.25) is 0 Å². The Labute approximate surface area is 84.9 Å². The molecule has 0 fully saturated rings. The lowest BCUT2D eigenvalue weighted by atomic mass is 10.0. The Morgan fingerprint density at radius 3 is 2.79 bits per heavy atom. The topological polar surface area (TPSA) is 52.0 Å². The zero-order valence-corrected chi connectivity index (χ0v) is 8.40. The van der Waals surface area contributed by atoms with Crippen LogP contribution >= 0.6 is 0 Å². The molecule has 74 valence electrons. The Hall–Kier alpha value is -1.54. The van der Waals surface area contributed by atoms with E-state index in [1.165, 1.54) is 0 Å². The van der Waals surface area contributed by atoms with Gasteiger partial charge in [-0.15, -0.1) is 0 Å². The maximum Gasteiger partial charge on any atom is 0.0178 e. The molecule has 1 aromatic carbocycles. The van der Waals surface area contributed by atoms with Crippen molar-refractivity contribution in [1.82, 2.24) is 0 Å². The highest BCUT2D eigenvalue weighted by Crippen LogP contribution is 2.16. The maximum atomic E-state index is 5.57. The van der Waals surface area contributed by atoms with E-state index in [0.29, 0.717) is 6.54 Å². The van der Waals surface area contributed by atoms with Crippen LogP contribution < -0.4 is 11.5 Å². The minimum Gasteiger partial charge on any atom is -0.404 e. The third-order valence-electron chi connectivity index (χ3n) is 2.02. The van der Waals surface area contributed by atoms with Gasteiger partial charge in [0.2, 0.25) is 0 Å². The number of rotatable bonds is 3. The van der Waals surface area contributed by atoms with Gasteiger partial charge in [0.1, 0.15) is 0 Å². The summed E-state index contributed by atoms with van der Waals surface area (Å²) in [6.07, 6.45) is 5.55. The fourth-order valence-corrected chi connectivity index (χ4v) is 1.31. The molecule has 2 heteroatoms. The Bertz CT molecular complexity index is 351. The molecule has 0 radical (unpaired) electrons. The average Bonchev–Trinajstić information content (AvgIpc) is 2.26. The first-order valence-electron chi connectivity index (χ1n) is 4.65. The van der Waals surface area contributed by atoms with E-state index in [1.54, 1.807) is 6.20 Å². The van der Waals surface area contributed by atoms with Crippen molar-refractivity contribution in [2.75, 3.05) is 0 Å². The number of allylic oxidation sites excluding steroid dienone is 3. The van der Waals surface area contributed by atoms with Gasteiger partial charge in [-0.05, 0) is 29.7 Å². The summed E-state index contributed by atoms with van der Waals surface area (Å²) in [6, 6.07) is 8.08. The van der Waals surface area contributed by atoms with Crippen LogP contribution in [-0.2, 0) is 6.54 Å². The van der Waals surface area contributed by atoms with Gasteiger partial charge in [-0.3, -0.25) is 0 Å². The minimum absolute atomic E-state index is 0.557. The van der Waals surface area contributed by atoms with Crippen LogP contribution in [0.1, 0.15) is 18.1 Å². The Morgan fingerprint density at radius 2 is 2.21 bits per heavy atom. The first-order valence-corrected chi connectivity index (χ1v) is 4.65. The summed E-state index contributed by atoms with van der Waals surface area (Å²) in [6.45, 7) is 2.53. The fraction of sp³-hybridized carbons (Fsp3) is 0.167. The third-order valence-corrected chi connectivity index (χ3v) is 2.02. The van der Waals surface area contributed by atoms with Crippen molar-refractivity contribution < 1.29 is 0 Å². The van der Waals surface area contributed by atoms with Crippen LogP contribution in [0.25, 0.3) is 5.57 Å². The predicted molar refractivity (Wildman–Crippen MR) is 61.3 cm³/mol. The highest BCUT2D eigenvalue weighted by molar-refractivity contribution is 5.73. The van der Waals surface area contributed by atoms with Crippen LogP contribution in [0, 0.1) is 0 Å². The second-order valence-electron chi connectivity index (χ2n) is 3.03. The summed E-state index contributed by atoms with van der Waals surface area (Å²) < 4.78 is 0. The van der Waals surface area contributed by atoms with Crippen molar-refractivity contribution in [3.8, 4) is 0 Å². The maximum absolute atomic E-state index is 5.57. The van der Waals surface area contributed by atoms with Gasteiger partial charge >= 0.3 is 0 Å². The quantitative estimate of drug-likeness (QED) is 0.713. The Kier molecular flexibility index (Phi) is 3.95. The monoisotopic (exact) mass is 188 g/mol. The molecule has 0 heterocycles. The van der Waals surface area contributed by atoms with Crippen molar-refractivity contribution in [1.29, 1.82) is 0 Å². The van der Waals surface area contributed by atoms with Gasteiger partial charge in [0.25, 0.3) is 0 Å². The molecule has 0 bridgehead atoms. The Morgan fingerprint density at radius 1 is 1.43 bits per heavy atom. The molecule has 0 spiro atoms. The van der Waals surface area contributed by atoms with Gasteiger partial charge in [0, 0.05) is 12.7 Å². The molecule has 4 N–H and O–H groups in total. The molecule has 0 aliphatic carbocycles. The lowest BCUT2D eigenvalue weighted by Crippen LogP contribution is -1.97. The van der Waals surface area contributed by atoms with Crippen molar-refractivity contribution in [3.63, 3.8) is 0 Å². The van der Waals surface area contributed by atoms with Gasteiger partial charge in [-0.1, -0.05) is 30.4 Å². The first kappa shape index (κ1) is 10.5. The molecule has 14 heavy (non-hydrogen) atoms. The summed E-state index contributed by atoms with van der Waals surface area (Å²) >= 11 is 0. The van der Waals surface area contributed by atoms with Crippen molar-refractivity contribution in [3.05, 3.63) is 53.7 Å². The molecule has 0 aliphatic rings. The summed E-state index contributed by atoms with van der Waals surface area (Å²) in [4.78, 5) is 0. The van der Waals surface area contributed by atoms with Gasteiger partial charge < -0.3 is 11.5 Å². The molecule has 0 saturated carbocycles. The normalized spacial score (nSPS) is 12.3. The molecule has 0 saturated heterocycles. The third kappa shape index (κ3) is 2.47. The predicted octanol–water partition coefficient (Wildman–Crippen LogP) is 2.02. The number of hydrogen-bond acceptors (Lipinski definition) is 2. The minimum atomic E-state index is 0.557. The summed E-state index contributed by atoms with van der Waals surface area (Å²) in [5.74, 6) is 0. The summed E-state index contributed by atoms with van der Waals surface area (Å²) in [7, 11) is 0. The van der Waals surface area contributed by atoms with E-state index in [4.69, 9.17) is 11.5 Å². The Balaban J connectivity index is 3.05.